The van der Waals surface area contributed by atoms with E-state index >= 15 is 0 Å². The standard InChI is InChI=1S/C15H19N3O2.ClH/c19-14(10-1-2-10)17-12-5-3-11(4-6-12)15(20)18-13-7-8-16-9-13;/h3-6,10,13,16H,1-2,7-9H2,(H,17,19)(H,18,20);1H. The van der Waals surface area contributed by atoms with Gasteiger partial charge >= 0.3 is 0 Å². The van der Waals surface area contributed by atoms with Gasteiger partial charge in [-0.3, -0.25) is 9.59 Å². The molecule has 3 rings (SSSR count). The van der Waals surface area contributed by atoms with Gasteiger partial charge in [0.1, 0.15) is 0 Å². The highest BCUT2D eigenvalue weighted by Gasteiger charge is 2.29. The van der Waals surface area contributed by atoms with Crippen LogP contribution in [-0.2, 0) is 4.79 Å². The summed E-state index contributed by atoms with van der Waals surface area (Å²) in [5.74, 6) is 0.214. The molecule has 1 aliphatic carbocycles. The van der Waals surface area contributed by atoms with E-state index in [0.29, 0.717) is 5.56 Å². The monoisotopic (exact) mass is 309 g/mol. The Balaban J connectivity index is 0.00000161. The first-order chi connectivity index (χ1) is 9.72. The van der Waals surface area contributed by atoms with E-state index in [9.17, 15) is 9.59 Å². The molecular formula is C15H20ClN3O2. The van der Waals surface area contributed by atoms with Crippen LogP contribution in [0.5, 0.6) is 0 Å². The molecule has 0 spiro atoms. The van der Waals surface area contributed by atoms with E-state index in [1.165, 1.54) is 0 Å². The molecule has 2 aliphatic rings. The molecule has 1 aromatic rings. The predicted molar refractivity (Wildman–Crippen MR) is 83.8 cm³/mol. The van der Waals surface area contributed by atoms with E-state index in [2.05, 4.69) is 16.0 Å². The van der Waals surface area contributed by atoms with Gasteiger partial charge in [0.05, 0.1) is 0 Å². The number of nitrogens with one attached hydrogen (secondary N) is 3. The zero-order valence-electron chi connectivity index (χ0n) is 11.7. The Hall–Kier alpha value is -1.59. The van der Waals surface area contributed by atoms with Crippen molar-refractivity contribution in [3.63, 3.8) is 0 Å². The van der Waals surface area contributed by atoms with Crippen molar-refractivity contribution in [1.82, 2.24) is 10.6 Å². The molecule has 1 aromatic carbocycles. The Kier molecular flexibility index (Phi) is 5.20. The lowest BCUT2D eigenvalue weighted by Crippen LogP contribution is -2.36. The van der Waals surface area contributed by atoms with Crippen molar-refractivity contribution in [3.8, 4) is 0 Å². The zero-order chi connectivity index (χ0) is 13.9. The Morgan fingerprint density at radius 1 is 1.10 bits per heavy atom. The summed E-state index contributed by atoms with van der Waals surface area (Å²) in [6.07, 6.45) is 2.95. The highest BCUT2D eigenvalue weighted by atomic mass is 35.5. The number of benzene rings is 1. The number of carbonyl (C=O) groups is 2. The summed E-state index contributed by atoms with van der Waals surface area (Å²) in [5, 5.41) is 9.07. The van der Waals surface area contributed by atoms with E-state index in [4.69, 9.17) is 0 Å². The minimum Gasteiger partial charge on any atom is -0.348 e. The van der Waals surface area contributed by atoms with Crippen LogP contribution in [0.15, 0.2) is 24.3 Å². The first kappa shape index (κ1) is 15.8. The molecule has 0 radical (unpaired) electrons. The molecule has 5 nitrogen and oxygen atoms in total. The molecule has 114 valence electrons. The van der Waals surface area contributed by atoms with Crippen molar-refractivity contribution >= 4 is 29.9 Å². The van der Waals surface area contributed by atoms with Crippen LogP contribution in [0, 0.1) is 5.92 Å². The maximum Gasteiger partial charge on any atom is 0.251 e. The lowest BCUT2D eigenvalue weighted by molar-refractivity contribution is -0.117. The Labute approximate surface area is 130 Å². The average molecular weight is 310 g/mol. The largest absolute Gasteiger partial charge is 0.348 e. The van der Waals surface area contributed by atoms with Gasteiger partial charge in [0.25, 0.3) is 5.91 Å². The van der Waals surface area contributed by atoms with Gasteiger partial charge in [-0.1, -0.05) is 0 Å². The Morgan fingerprint density at radius 2 is 1.81 bits per heavy atom. The summed E-state index contributed by atoms with van der Waals surface area (Å²) in [4.78, 5) is 23.7. The summed E-state index contributed by atoms with van der Waals surface area (Å²) < 4.78 is 0. The molecular weight excluding hydrogens is 290 g/mol. The number of carbonyl (C=O) groups excluding carboxylic acids is 2. The van der Waals surface area contributed by atoms with Crippen molar-refractivity contribution in [3.05, 3.63) is 29.8 Å². The first-order valence-electron chi connectivity index (χ1n) is 7.15. The maximum atomic E-state index is 12.0. The summed E-state index contributed by atoms with van der Waals surface area (Å²) in [7, 11) is 0. The number of rotatable bonds is 4. The third-order valence-electron chi connectivity index (χ3n) is 3.76. The summed E-state index contributed by atoms with van der Waals surface area (Å²) in [6, 6.07) is 7.28. The van der Waals surface area contributed by atoms with E-state index in [0.717, 1.165) is 38.0 Å². The average Bonchev–Trinajstić information content (AvgIpc) is 3.19. The number of anilines is 1. The van der Waals surface area contributed by atoms with Gasteiger partial charge in [0.2, 0.25) is 5.91 Å². The van der Waals surface area contributed by atoms with Crippen LogP contribution in [0.3, 0.4) is 0 Å². The van der Waals surface area contributed by atoms with Crippen molar-refractivity contribution in [2.75, 3.05) is 18.4 Å². The second-order valence-corrected chi connectivity index (χ2v) is 5.50. The molecule has 1 heterocycles. The fraction of sp³-hybridized carbons (Fsp3) is 0.467. The third-order valence-corrected chi connectivity index (χ3v) is 3.76. The lowest BCUT2D eigenvalue weighted by atomic mass is 10.1. The van der Waals surface area contributed by atoms with Gasteiger partial charge in [-0.05, 0) is 50.1 Å². The molecule has 3 N–H and O–H groups in total. The topological polar surface area (TPSA) is 70.2 Å². The van der Waals surface area contributed by atoms with Crippen molar-refractivity contribution < 1.29 is 9.59 Å². The maximum absolute atomic E-state index is 12.0. The first-order valence-corrected chi connectivity index (χ1v) is 7.15. The van der Waals surface area contributed by atoms with Gasteiger partial charge in [0.15, 0.2) is 0 Å². The van der Waals surface area contributed by atoms with Crippen LogP contribution in [0.1, 0.15) is 29.6 Å². The van der Waals surface area contributed by atoms with Crippen LogP contribution in [-0.4, -0.2) is 30.9 Å². The van der Waals surface area contributed by atoms with Gasteiger partial charge in [0, 0.05) is 29.8 Å². The zero-order valence-corrected chi connectivity index (χ0v) is 12.5. The SMILES string of the molecule is Cl.O=C(NC1CCNC1)c1ccc(NC(=O)C2CC2)cc1. The molecule has 1 unspecified atom stereocenters. The number of amides is 2. The van der Waals surface area contributed by atoms with Crippen LogP contribution < -0.4 is 16.0 Å². The van der Waals surface area contributed by atoms with Gasteiger partial charge in [-0.15, -0.1) is 12.4 Å². The van der Waals surface area contributed by atoms with Crippen molar-refractivity contribution in [2.45, 2.75) is 25.3 Å². The summed E-state index contributed by atoms with van der Waals surface area (Å²) in [5.41, 5.74) is 1.38. The fourth-order valence-electron chi connectivity index (χ4n) is 2.34. The number of hydrogen-bond acceptors (Lipinski definition) is 3. The van der Waals surface area contributed by atoms with Crippen LogP contribution in [0.4, 0.5) is 5.69 Å². The number of halogens is 1. The number of hydrogen-bond donors (Lipinski definition) is 3. The van der Waals surface area contributed by atoms with Crippen molar-refractivity contribution in [1.29, 1.82) is 0 Å². The summed E-state index contributed by atoms with van der Waals surface area (Å²) in [6.45, 7) is 1.79. The molecule has 1 aliphatic heterocycles. The third kappa shape index (κ3) is 4.19. The molecule has 0 bridgehead atoms. The fourth-order valence-corrected chi connectivity index (χ4v) is 2.34. The molecule has 1 saturated carbocycles. The molecule has 1 saturated heterocycles. The van der Waals surface area contributed by atoms with Crippen LogP contribution >= 0.6 is 12.4 Å². The molecule has 2 amide bonds. The molecule has 0 aromatic heterocycles. The molecule has 2 fully saturated rings. The van der Waals surface area contributed by atoms with Gasteiger partial charge in [-0.25, -0.2) is 0 Å². The van der Waals surface area contributed by atoms with Crippen LogP contribution in [0.25, 0.3) is 0 Å². The van der Waals surface area contributed by atoms with Crippen LogP contribution in [0.2, 0.25) is 0 Å². The quantitative estimate of drug-likeness (QED) is 0.790. The molecule has 6 heteroatoms. The van der Waals surface area contributed by atoms with E-state index in [1.807, 2.05) is 0 Å². The lowest BCUT2D eigenvalue weighted by Gasteiger charge is -2.11. The van der Waals surface area contributed by atoms with E-state index < -0.39 is 0 Å². The second kappa shape index (κ2) is 6.91. The summed E-state index contributed by atoms with van der Waals surface area (Å²) >= 11 is 0. The van der Waals surface area contributed by atoms with E-state index in [1.54, 1.807) is 24.3 Å². The Morgan fingerprint density at radius 3 is 2.38 bits per heavy atom. The smallest absolute Gasteiger partial charge is 0.251 e. The van der Waals surface area contributed by atoms with Crippen molar-refractivity contribution in [2.24, 2.45) is 5.92 Å². The minimum atomic E-state index is -0.0567. The highest BCUT2D eigenvalue weighted by Crippen LogP contribution is 2.30. The normalized spacial score (nSPS) is 20.5. The highest BCUT2D eigenvalue weighted by molar-refractivity contribution is 5.96. The van der Waals surface area contributed by atoms with Gasteiger partial charge in [-0.2, -0.15) is 0 Å². The second-order valence-electron chi connectivity index (χ2n) is 5.50. The van der Waals surface area contributed by atoms with Gasteiger partial charge < -0.3 is 16.0 Å². The molecule has 1 atom stereocenters. The Bertz CT molecular complexity index is 508. The van der Waals surface area contributed by atoms with E-state index in [-0.39, 0.29) is 36.2 Å². The molecule has 21 heavy (non-hydrogen) atoms. The minimum absolute atomic E-state index is 0. The predicted octanol–water partition coefficient (Wildman–Crippen LogP) is 1.55.